The summed E-state index contributed by atoms with van der Waals surface area (Å²) >= 11 is 0. The summed E-state index contributed by atoms with van der Waals surface area (Å²) in [6.07, 6.45) is -1.99. The first kappa shape index (κ1) is 19.3. The molecule has 2 aromatic carbocycles. The second-order valence-corrected chi connectivity index (χ2v) is 7.05. The van der Waals surface area contributed by atoms with Crippen molar-refractivity contribution in [3.8, 4) is 5.75 Å². The van der Waals surface area contributed by atoms with Gasteiger partial charge in [-0.15, -0.1) is 0 Å². The number of amides is 1. The Morgan fingerprint density at radius 3 is 2.55 bits per heavy atom. The van der Waals surface area contributed by atoms with Gasteiger partial charge in [-0.3, -0.25) is 4.79 Å². The molecule has 0 atom stereocenters. The van der Waals surface area contributed by atoms with Crippen LogP contribution in [0.4, 0.5) is 18.9 Å². The third kappa shape index (κ3) is 4.37. The number of aromatic nitrogens is 1. The Bertz CT molecular complexity index is 1010. The lowest BCUT2D eigenvalue weighted by molar-refractivity contribution is -0.137. The summed E-state index contributed by atoms with van der Waals surface area (Å²) in [5.74, 6) is 0.392. The van der Waals surface area contributed by atoms with E-state index in [4.69, 9.17) is 4.74 Å². The Morgan fingerprint density at radius 1 is 1.14 bits per heavy atom. The van der Waals surface area contributed by atoms with Gasteiger partial charge in [0.1, 0.15) is 5.75 Å². The minimum atomic E-state index is -4.35. The highest BCUT2D eigenvalue weighted by molar-refractivity contribution is 6.02. The van der Waals surface area contributed by atoms with Crippen molar-refractivity contribution in [3.63, 3.8) is 0 Å². The maximum Gasteiger partial charge on any atom is 0.416 e. The molecule has 0 spiro atoms. The number of halogens is 3. The van der Waals surface area contributed by atoms with Gasteiger partial charge in [-0.2, -0.15) is 13.2 Å². The van der Waals surface area contributed by atoms with E-state index in [1.54, 1.807) is 6.20 Å². The molecule has 1 aliphatic rings. The number of benzene rings is 2. The van der Waals surface area contributed by atoms with Crippen LogP contribution < -0.4 is 15.4 Å². The zero-order chi connectivity index (χ0) is 20.4. The highest BCUT2D eigenvalue weighted by atomic mass is 19.4. The maximum atomic E-state index is 12.6. The van der Waals surface area contributed by atoms with Crippen LogP contribution in [0.15, 0.2) is 48.7 Å². The standard InChI is InChI=1S/C21H20F3N3O2/c22-21(23,24)15-2-4-16(5-3-15)29-8-7-13-1-6-18-17(9-13)19(12-26-18)27-20(28)14-10-25-11-14/h1-6,9,12,14,25-26H,7-8,10-11H2,(H,27,28). The Morgan fingerprint density at radius 2 is 1.90 bits per heavy atom. The number of aromatic amines is 1. The van der Waals surface area contributed by atoms with E-state index < -0.39 is 11.7 Å². The summed E-state index contributed by atoms with van der Waals surface area (Å²) in [6.45, 7) is 1.72. The van der Waals surface area contributed by atoms with Crippen molar-refractivity contribution in [2.24, 2.45) is 5.92 Å². The van der Waals surface area contributed by atoms with E-state index in [0.29, 0.717) is 31.9 Å². The van der Waals surface area contributed by atoms with Gasteiger partial charge < -0.3 is 20.4 Å². The molecule has 3 aromatic rings. The summed E-state index contributed by atoms with van der Waals surface area (Å²) in [5.41, 5.74) is 1.96. The zero-order valence-electron chi connectivity index (χ0n) is 15.5. The number of nitrogens with one attached hydrogen (secondary N) is 3. The molecule has 2 heterocycles. The lowest BCUT2D eigenvalue weighted by atomic mass is 10.0. The number of anilines is 1. The quantitative estimate of drug-likeness (QED) is 0.584. The minimum Gasteiger partial charge on any atom is -0.493 e. The van der Waals surface area contributed by atoms with Gasteiger partial charge in [0.05, 0.1) is 23.8 Å². The fourth-order valence-electron chi connectivity index (χ4n) is 3.16. The van der Waals surface area contributed by atoms with Crippen molar-refractivity contribution in [3.05, 3.63) is 59.8 Å². The van der Waals surface area contributed by atoms with E-state index in [9.17, 15) is 18.0 Å². The molecule has 1 saturated heterocycles. The number of H-pyrrole nitrogens is 1. The molecular weight excluding hydrogens is 383 g/mol. The smallest absolute Gasteiger partial charge is 0.416 e. The van der Waals surface area contributed by atoms with Gasteiger partial charge in [-0.25, -0.2) is 0 Å². The molecule has 3 N–H and O–H groups in total. The highest BCUT2D eigenvalue weighted by Gasteiger charge is 2.30. The van der Waals surface area contributed by atoms with Crippen LogP contribution in [0, 0.1) is 5.92 Å². The van der Waals surface area contributed by atoms with Crippen LogP contribution in [0.3, 0.4) is 0 Å². The van der Waals surface area contributed by atoms with Gasteiger partial charge in [-0.1, -0.05) is 6.07 Å². The number of hydrogen-bond donors (Lipinski definition) is 3. The molecule has 0 saturated carbocycles. The van der Waals surface area contributed by atoms with Gasteiger partial charge in [0.25, 0.3) is 0 Å². The normalized spacial score (nSPS) is 14.6. The monoisotopic (exact) mass is 403 g/mol. The van der Waals surface area contributed by atoms with Crippen molar-refractivity contribution >= 4 is 22.5 Å². The van der Waals surface area contributed by atoms with Crippen LogP contribution >= 0.6 is 0 Å². The Labute approximate surface area is 165 Å². The third-order valence-corrected chi connectivity index (χ3v) is 5.00. The number of alkyl halides is 3. The number of fused-ring (bicyclic) bond motifs is 1. The van der Waals surface area contributed by atoms with Crippen molar-refractivity contribution in [2.45, 2.75) is 12.6 Å². The van der Waals surface area contributed by atoms with Crippen molar-refractivity contribution in [1.82, 2.24) is 10.3 Å². The SMILES string of the molecule is O=C(Nc1c[nH]c2ccc(CCOc3ccc(C(F)(F)F)cc3)cc12)C1CNC1. The Hall–Kier alpha value is -3.00. The summed E-state index contributed by atoms with van der Waals surface area (Å²) in [6, 6.07) is 10.5. The predicted octanol–water partition coefficient (Wildman–Crippen LogP) is 3.97. The molecule has 0 bridgehead atoms. The summed E-state index contributed by atoms with van der Waals surface area (Å²) in [4.78, 5) is 15.3. The van der Waals surface area contributed by atoms with E-state index in [0.717, 1.165) is 34.3 Å². The minimum absolute atomic E-state index is 0.000247. The zero-order valence-corrected chi connectivity index (χ0v) is 15.5. The predicted molar refractivity (Wildman–Crippen MR) is 104 cm³/mol. The van der Waals surface area contributed by atoms with Crippen molar-refractivity contribution in [2.75, 3.05) is 25.0 Å². The van der Waals surface area contributed by atoms with E-state index in [2.05, 4.69) is 15.6 Å². The molecule has 1 fully saturated rings. The van der Waals surface area contributed by atoms with Crippen LogP contribution in [0.2, 0.25) is 0 Å². The molecule has 29 heavy (non-hydrogen) atoms. The summed E-state index contributed by atoms with van der Waals surface area (Å²) in [7, 11) is 0. The number of ether oxygens (including phenoxy) is 1. The molecule has 1 aromatic heterocycles. The van der Waals surface area contributed by atoms with Gasteiger partial charge >= 0.3 is 6.18 Å². The summed E-state index contributed by atoms with van der Waals surface area (Å²) in [5, 5.41) is 6.95. The first-order chi connectivity index (χ1) is 13.9. The van der Waals surface area contributed by atoms with E-state index >= 15 is 0 Å². The number of hydrogen-bond acceptors (Lipinski definition) is 3. The molecule has 0 radical (unpaired) electrons. The molecular formula is C21H20F3N3O2. The number of rotatable bonds is 6. The largest absolute Gasteiger partial charge is 0.493 e. The van der Waals surface area contributed by atoms with Gasteiger partial charge in [0, 0.05) is 36.6 Å². The fourth-order valence-corrected chi connectivity index (χ4v) is 3.16. The van der Waals surface area contributed by atoms with Crippen molar-refractivity contribution < 1.29 is 22.7 Å². The van der Waals surface area contributed by atoms with Gasteiger partial charge in [-0.05, 0) is 42.0 Å². The molecule has 0 aliphatic carbocycles. The lowest BCUT2D eigenvalue weighted by Gasteiger charge is -2.25. The number of carbonyl (C=O) groups is 1. The van der Waals surface area contributed by atoms with Gasteiger partial charge in [0.2, 0.25) is 5.91 Å². The van der Waals surface area contributed by atoms with E-state index in [-0.39, 0.29) is 11.8 Å². The second-order valence-electron chi connectivity index (χ2n) is 7.05. The van der Waals surface area contributed by atoms with Crippen LogP contribution in [0.25, 0.3) is 10.9 Å². The van der Waals surface area contributed by atoms with Crippen LogP contribution in [0.5, 0.6) is 5.75 Å². The topological polar surface area (TPSA) is 66.2 Å². The van der Waals surface area contributed by atoms with E-state index in [1.165, 1.54) is 12.1 Å². The van der Waals surface area contributed by atoms with Crippen LogP contribution in [-0.4, -0.2) is 30.6 Å². The Balaban J connectivity index is 1.38. The fraction of sp³-hybridized carbons (Fsp3) is 0.286. The Kier molecular flexibility index (Phi) is 5.19. The van der Waals surface area contributed by atoms with Crippen LogP contribution in [-0.2, 0) is 17.4 Å². The second kappa shape index (κ2) is 7.79. The molecule has 1 aliphatic heterocycles. The van der Waals surface area contributed by atoms with E-state index in [1.807, 2.05) is 18.2 Å². The first-order valence-corrected chi connectivity index (χ1v) is 9.32. The third-order valence-electron chi connectivity index (χ3n) is 5.00. The molecule has 4 rings (SSSR count). The molecule has 152 valence electrons. The van der Waals surface area contributed by atoms with Crippen LogP contribution in [0.1, 0.15) is 11.1 Å². The summed E-state index contributed by atoms with van der Waals surface area (Å²) < 4.78 is 43.4. The first-order valence-electron chi connectivity index (χ1n) is 9.32. The lowest BCUT2D eigenvalue weighted by Crippen LogP contribution is -2.48. The number of carbonyl (C=O) groups excluding carboxylic acids is 1. The van der Waals surface area contributed by atoms with Crippen molar-refractivity contribution in [1.29, 1.82) is 0 Å². The average Bonchev–Trinajstić information content (AvgIpc) is 3.02. The molecule has 8 heteroatoms. The molecule has 5 nitrogen and oxygen atoms in total. The molecule has 1 amide bonds. The highest BCUT2D eigenvalue weighted by Crippen LogP contribution is 2.30. The maximum absolute atomic E-state index is 12.6. The average molecular weight is 403 g/mol. The van der Waals surface area contributed by atoms with Gasteiger partial charge in [0.15, 0.2) is 0 Å². The molecule has 0 unspecified atom stereocenters.